The molecule has 0 aliphatic carbocycles. The number of aromatic nitrogens is 1. The van der Waals surface area contributed by atoms with Crippen molar-refractivity contribution >= 4 is 22.5 Å². The summed E-state index contributed by atoms with van der Waals surface area (Å²) in [6.45, 7) is 8.37. The van der Waals surface area contributed by atoms with Crippen molar-refractivity contribution in [1.82, 2.24) is 9.88 Å². The first-order valence-corrected chi connectivity index (χ1v) is 7.64. The molecule has 2 aromatic rings. The number of carbonyl (C=O) groups is 1. The average molecular weight is 285 g/mol. The van der Waals surface area contributed by atoms with Crippen LogP contribution in [0.25, 0.3) is 10.9 Å². The van der Waals surface area contributed by atoms with Gasteiger partial charge in [0.05, 0.1) is 5.52 Å². The summed E-state index contributed by atoms with van der Waals surface area (Å²) in [5.41, 5.74) is 2.35. The Kier molecular flexibility index (Phi) is 5.14. The Morgan fingerprint density at radius 1 is 1.19 bits per heavy atom. The molecule has 4 heteroatoms. The van der Waals surface area contributed by atoms with E-state index >= 15 is 0 Å². The van der Waals surface area contributed by atoms with Crippen LogP contribution < -0.4 is 5.32 Å². The maximum atomic E-state index is 12.5. The third-order valence-electron chi connectivity index (χ3n) is 3.55. The predicted octanol–water partition coefficient (Wildman–Crippen LogP) is 3.54. The van der Waals surface area contributed by atoms with Gasteiger partial charge in [-0.15, -0.1) is 0 Å². The minimum absolute atomic E-state index is 0.00898. The highest BCUT2D eigenvalue weighted by Gasteiger charge is 2.16. The number of pyridine rings is 1. The van der Waals surface area contributed by atoms with Crippen molar-refractivity contribution in [2.45, 2.75) is 27.2 Å². The first-order valence-electron chi connectivity index (χ1n) is 7.64. The second-order valence-corrected chi connectivity index (χ2v) is 4.98. The molecule has 4 nitrogen and oxygen atoms in total. The Bertz CT molecular complexity index is 620. The van der Waals surface area contributed by atoms with E-state index in [1.54, 1.807) is 4.90 Å². The highest BCUT2D eigenvalue weighted by molar-refractivity contribution is 5.99. The van der Waals surface area contributed by atoms with Crippen molar-refractivity contribution in [2.24, 2.45) is 0 Å². The van der Waals surface area contributed by atoms with Gasteiger partial charge in [-0.25, -0.2) is 4.98 Å². The van der Waals surface area contributed by atoms with Crippen molar-refractivity contribution in [2.75, 3.05) is 25.0 Å². The summed E-state index contributed by atoms with van der Waals surface area (Å²) in [5, 5.41) is 4.45. The van der Waals surface area contributed by atoms with Crippen LogP contribution in [0, 0.1) is 0 Å². The molecule has 0 aliphatic rings. The number of anilines is 1. The second-order valence-electron chi connectivity index (χ2n) is 4.98. The van der Waals surface area contributed by atoms with Gasteiger partial charge >= 0.3 is 0 Å². The van der Waals surface area contributed by atoms with Gasteiger partial charge in [0.2, 0.25) is 0 Å². The quantitative estimate of drug-likeness (QED) is 0.883. The molecule has 0 fully saturated rings. The van der Waals surface area contributed by atoms with Crippen molar-refractivity contribution in [3.8, 4) is 0 Å². The van der Waals surface area contributed by atoms with Crippen LogP contribution in [0.15, 0.2) is 30.3 Å². The molecule has 0 unspecified atom stereocenters. The van der Waals surface area contributed by atoms with Gasteiger partial charge in [-0.05, 0) is 32.4 Å². The Morgan fingerprint density at radius 3 is 2.57 bits per heavy atom. The average Bonchev–Trinajstić information content (AvgIpc) is 2.53. The SMILES string of the molecule is CCCNc1cc(C(=O)N(CC)CC)nc2ccccc12. The molecule has 0 aliphatic heterocycles. The van der Waals surface area contributed by atoms with Gasteiger partial charge < -0.3 is 10.2 Å². The number of para-hydroxylation sites is 1. The van der Waals surface area contributed by atoms with Crippen LogP contribution in [0.5, 0.6) is 0 Å². The standard InChI is InChI=1S/C17H23N3O/c1-4-11-18-15-12-16(17(21)20(5-2)6-3)19-14-10-8-7-9-13(14)15/h7-10,12H,4-6,11H2,1-3H3,(H,18,19). The molecular weight excluding hydrogens is 262 g/mol. The third kappa shape index (κ3) is 3.32. The number of hydrogen-bond donors (Lipinski definition) is 1. The van der Waals surface area contributed by atoms with E-state index in [0.717, 1.165) is 29.6 Å². The molecule has 1 heterocycles. The van der Waals surface area contributed by atoms with Crippen LogP contribution in [-0.2, 0) is 0 Å². The lowest BCUT2D eigenvalue weighted by molar-refractivity contribution is 0.0767. The zero-order chi connectivity index (χ0) is 15.2. The number of rotatable bonds is 6. The number of fused-ring (bicyclic) bond motifs is 1. The third-order valence-corrected chi connectivity index (χ3v) is 3.55. The van der Waals surface area contributed by atoms with E-state index in [4.69, 9.17) is 0 Å². The van der Waals surface area contributed by atoms with Crippen molar-refractivity contribution in [3.63, 3.8) is 0 Å². The van der Waals surface area contributed by atoms with Crippen LogP contribution >= 0.6 is 0 Å². The monoisotopic (exact) mass is 285 g/mol. The van der Waals surface area contributed by atoms with Gasteiger partial charge in [-0.1, -0.05) is 25.1 Å². The lowest BCUT2D eigenvalue weighted by atomic mass is 10.1. The maximum absolute atomic E-state index is 12.5. The molecule has 0 atom stereocenters. The van der Waals surface area contributed by atoms with E-state index < -0.39 is 0 Å². The van der Waals surface area contributed by atoms with Gasteiger partial charge in [0.25, 0.3) is 5.91 Å². The fourth-order valence-corrected chi connectivity index (χ4v) is 2.36. The topological polar surface area (TPSA) is 45.2 Å². The Morgan fingerprint density at radius 2 is 1.90 bits per heavy atom. The van der Waals surface area contributed by atoms with Crippen LogP contribution in [0.4, 0.5) is 5.69 Å². The summed E-state index contributed by atoms with van der Waals surface area (Å²) in [6, 6.07) is 9.80. The predicted molar refractivity (Wildman–Crippen MR) is 87.8 cm³/mol. The molecule has 1 amide bonds. The Balaban J connectivity index is 2.47. The van der Waals surface area contributed by atoms with Gasteiger partial charge in [-0.3, -0.25) is 4.79 Å². The molecule has 2 rings (SSSR count). The number of amides is 1. The lowest BCUT2D eigenvalue weighted by Gasteiger charge is -2.19. The number of benzene rings is 1. The van der Waals surface area contributed by atoms with Crippen LogP contribution in [0.3, 0.4) is 0 Å². The van der Waals surface area contributed by atoms with E-state index in [-0.39, 0.29) is 5.91 Å². The summed E-state index contributed by atoms with van der Waals surface area (Å²) < 4.78 is 0. The van der Waals surface area contributed by atoms with E-state index in [0.29, 0.717) is 18.8 Å². The number of hydrogen-bond acceptors (Lipinski definition) is 3. The maximum Gasteiger partial charge on any atom is 0.272 e. The van der Waals surface area contributed by atoms with Crippen LogP contribution in [0.1, 0.15) is 37.7 Å². The minimum atomic E-state index is -0.00898. The Labute approximate surface area is 126 Å². The first-order chi connectivity index (χ1) is 10.2. The van der Waals surface area contributed by atoms with Gasteiger partial charge in [0.15, 0.2) is 0 Å². The summed E-state index contributed by atoms with van der Waals surface area (Å²) >= 11 is 0. The second kappa shape index (κ2) is 7.07. The molecule has 0 saturated carbocycles. The molecule has 0 saturated heterocycles. The summed E-state index contributed by atoms with van der Waals surface area (Å²) in [7, 11) is 0. The molecule has 0 bridgehead atoms. The van der Waals surface area contributed by atoms with Crippen molar-refractivity contribution in [1.29, 1.82) is 0 Å². The molecule has 112 valence electrons. The zero-order valence-corrected chi connectivity index (χ0v) is 13.0. The van der Waals surface area contributed by atoms with E-state index in [9.17, 15) is 4.79 Å². The van der Waals surface area contributed by atoms with Crippen LogP contribution in [0.2, 0.25) is 0 Å². The van der Waals surface area contributed by atoms with Gasteiger partial charge in [0, 0.05) is 30.7 Å². The van der Waals surface area contributed by atoms with E-state index in [1.807, 2.05) is 44.2 Å². The van der Waals surface area contributed by atoms with Gasteiger partial charge in [-0.2, -0.15) is 0 Å². The summed E-state index contributed by atoms with van der Waals surface area (Å²) in [5.74, 6) is -0.00898. The zero-order valence-electron chi connectivity index (χ0n) is 13.0. The Hall–Kier alpha value is -2.10. The van der Waals surface area contributed by atoms with Crippen molar-refractivity contribution < 1.29 is 4.79 Å². The summed E-state index contributed by atoms with van der Waals surface area (Å²) in [4.78, 5) is 18.8. The van der Waals surface area contributed by atoms with E-state index in [1.165, 1.54) is 0 Å². The molecular formula is C17H23N3O. The van der Waals surface area contributed by atoms with E-state index in [2.05, 4.69) is 17.2 Å². The fraction of sp³-hybridized carbons (Fsp3) is 0.412. The fourth-order valence-electron chi connectivity index (χ4n) is 2.36. The lowest BCUT2D eigenvalue weighted by Crippen LogP contribution is -2.31. The van der Waals surface area contributed by atoms with Crippen LogP contribution in [-0.4, -0.2) is 35.4 Å². The largest absolute Gasteiger partial charge is 0.384 e. The van der Waals surface area contributed by atoms with Gasteiger partial charge in [0.1, 0.15) is 5.69 Å². The molecule has 0 spiro atoms. The number of carbonyl (C=O) groups excluding carboxylic acids is 1. The number of nitrogens with zero attached hydrogens (tertiary/aromatic N) is 2. The van der Waals surface area contributed by atoms with Crippen molar-refractivity contribution in [3.05, 3.63) is 36.0 Å². The smallest absolute Gasteiger partial charge is 0.272 e. The summed E-state index contributed by atoms with van der Waals surface area (Å²) in [6.07, 6.45) is 1.04. The minimum Gasteiger partial charge on any atom is -0.384 e. The highest BCUT2D eigenvalue weighted by atomic mass is 16.2. The molecule has 1 aromatic carbocycles. The molecule has 1 aromatic heterocycles. The highest BCUT2D eigenvalue weighted by Crippen LogP contribution is 2.23. The number of nitrogens with one attached hydrogen (secondary N) is 1. The molecule has 1 N–H and O–H groups in total. The first kappa shape index (κ1) is 15.3. The molecule has 0 radical (unpaired) electrons. The normalized spacial score (nSPS) is 10.6. The molecule has 21 heavy (non-hydrogen) atoms.